The van der Waals surface area contributed by atoms with E-state index in [1.165, 1.54) is 26.2 Å². The molecule has 1 saturated heterocycles. The van der Waals surface area contributed by atoms with Crippen LogP contribution in [0.4, 0.5) is 11.4 Å². The summed E-state index contributed by atoms with van der Waals surface area (Å²) in [6, 6.07) is 16.1. The molecule has 1 aliphatic rings. The molecule has 0 unspecified atom stereocenters. The van der Waals surface area contributed by atoms with Crippen LogP contribution in [0.2, 0.25) is 0 Å². The lowest BCUT2D eigenvalue weighted by molar-refractivity contribution is -0.159. The van der Waals surface area contributed by atoms with Crippen molar-refractivity contribution in [1.82, 2.24) is 0 Å². The Morgan fingerprint density at radius 1 is 0.968 bits per heavy atom. The highest BCUT2D eigenvalue weighted by Gasteiger charge is 2.23. The molecule has 0 spiro atoms. The van der Waals surface area contributed by atoms with Gasteiger partial charge in [-0.1, -0.05) is 0 Å². The van der Waals surface area contributed by atoms with Gasteiger partial charge in [-0.2, -0.15) is 5.26 Å². The van der Waals surface area contributed by atoms with Crippen molar-refractivity contribution < 1.29 is 19.1 Å². The van der Waals surface area contributed by atoms with Crippen molar-refractivity contribution in [2.24, 2.45) is 0 Å². The van der Waals surface area contributed by atoms with E-state index >= 15 is 0 Å². The summed E-state index contributed by atoms with van der Waals surface area (Å²) in [6.07, 6.45) is 1.81. The molecular weight excluding hydrogens is 394 g/mol. The molecule has 162 valence electrons. The second-order valence-corrected chi connectivity index (χ2v) is 7.56. The second-order valence-electron chi connectivity index (χ2n) is 7.56. The number of carbonyl (C=O) groups excluding carboxylic acids is 2. The zero-order valence-corrected chi connectivity index (χ0v) is 17.8. The molecule has 1 N–H and O–H groups in total. The summed E-state index contributed by atoms with van der Waals surface area (Å²) in [5, 5.41) is 11.6. The second kappa shape index (κ2) is 10.5. The number of benzene rings is 2. The minimum absolute atomic E-state index is 0.412. The summed E-state index contributed by atoms with van der Waals surface area (Å²) < 4.78 is 10.8. The number of anilines is 2. The van der Waals surface area contributed by atoms with Crippen LogP contribution in [0.1, 0.15) is 38.7 Å². The Hall–Kier alpha value is -3.53. The molecule has 31 heavy (non-hydrogen) atoms. The first kappa shape index (κ1) is 22.2. The lowest BCUT2D eigenvalue weighted by Crippen LogP contribution is -2.35. The zero-order valence-electron chi connectivity index (χ0n) is 17.8. The lowest BCUT2D eigenvalue weighted by atomic mass is 10.1. The number of nitrogens with one attached hydrogen (secondary N) is 1. The molecule has 1 amide bonds. The molecule has 1 aliphatic heterocycles. The molecule has 2 aromatic carbocycles. The molecular formula is C24H27N3O4. The number of carbonyl (C=O) groups is 2. The highest BCUT2D eigenvalue weighted by molar-refractivity contribution is 5.95. The number of ether oxygens (including phenoxy) is 2. The summed E-state index contributed by atoms with van der Waals surface area (Å²) in [7, 11) is 0. The van der Waals surface area contributed by atoms with Crippen molar-refractivity contribution in [3.8, 4) is 11.8 Å². The predicted molar refractivity (Wildman–Crippen MR) is 118 cm³/mol. The van der Waals surface area contributed by atoms with Crippen LogP contribution in [-0.4, -0.2) is 37.2 Å². The Balaban J connectivity index is 1.48. The summed E-state index contributed by atoms with van der Waals surface area (Å²) >= 11 is 0. The number of nitriles is 1. The summed E-state index contributed by atoms with van der Waals surface area (Å²) in [6.45, 7) is 5.18. The highest BCUT2D eigenvalue weighted by Crippen LogP contribution is 2.22. The molecule has 7 nitrogen and oxygen atoms in total. The molecule has 2 atom stereocenters. The van der Waals surface area contributed by atoms with Gasteiger partial charge in [0.15, 0.2) is 12.2 Å². The number of rotatable bonds is 7. The van der Waals surface area contributed by atoms with Crippen molar-refractivity contribution in [2.45, 2.75) is 45.3 Å². The van der Waals surface area contributed by atoms with Crippen molar-refractivity contribution in [3.05, 3.63) is 54.1 Å². The Morgan fingerprint density at radius 2 is 1.61 bits per heavy atom. The monoisotopic (exact) mass is 421 g/mol. The fourth-order valence-electron chi connectivity index (χ4n) is 3.34. The molecule has 0 aromatic heterocycles. The first-order valence-electron chi connectivity index (χ1n) is 10.5. The Morgan fingerprint density at radius 3 is 2.23 bits per heavy atom. The third kappa shape index (κ3) is 6.22. The van der Waals surface area contributed by atoms with E-state index in [4.69, 9.17) is 14.7 Å². The van der Waals surface area contributed by atoms with Crippen molar-refractivity contribution in [2.75, 3.05) is 23.3 Å². The summed E-state index contributed by atoms with van der Waals surface area (Å²) in [5.41, 5.74) is 2.29. The minimum atomic E-state index is -0.971. The van der Waals surface area contributed by atoms with Crippen molar-refractivity contribution >= 4 is 23.3 Å². The topological polar surface area (TPSA) is 91.7 Å². The smallest absolute Gasteiger partial charge is 0.347 e. The van der Waals surface area contributed by atoms with Gasteiger partial charge in [-0.25, -0.2) is 4.79 Å². The molecule has 0 aliphatic carbocycles. The van der Waals surface area contributed by atoms with Gasteiger partial charge in [-0.3, -0.25) is 4.79 Å². The third-order valence-corrected chi connectivity index (χ3v) is 5.15. The van der Waals surface area contributed by atoms with Gasteiger partial charge in [-0.05, 0) is 81.6 Å². The summed E-state index contributed by atoms with van der Waals surface area (Å²) in [5.74, 6) is -0.619. The van der Waals surface area contributed by atoms with Gasteiger partial charge in [-0.15, -0.1) is 0 Å². The van der Waals surface area contributed by atoms with Crippen LogP contribution in [0.25, 0.3) is 0 Å². The number of amides is 1. The number of nitrogens with zero attached hydrogens (tertiary/aromatic N) is 2. The van der Waals surface area contributed by atoms with Gasteiger partial charge >= 0.3 is 5.97 Å². The van der Waals surface area contributed by atoms with E-state index in [2.05, 4.69) is 10.2 Å². The number of hydrogen-bond acceptors (Lipinski definition) is 6. The first-order chi connectivity index (χ1) is 15.0. The van der Waals surface area contributed by atoms with E-state index in [9.17, 15) is 9.59 Å². The first-order valence-corrected chi connectivity index (χ1v) is 10.5. The largest absolute Gasteiger partial charge is 0.479 e. The highest BCUT2D eigenvalue weighted by atomic mass is 16.6. The maximum Gasteiger partial charge on any atom is 0.347 e. The third-order valence-electron chi connectivity index (χ3n) is 5.15. The number of piperidine rings is 1. The Labute approximate surface area is 182 Å². The van der Waals surface area contributed by atoms with E-state index in [1.54, 1.807) is 31.2 Å². The average Bonchev–Trinajstić information content (AvgIpc) is 2.80. The summed E-state index contributed by atoms with van der Waals surface area (Å²) in [4.78, 5) is 27.0. The number of hydrogen-bond donors (Lipinski definition) is 1. The number of esters is 1. The zero-order chi connectivity index (χ0) is 22.2. The molecule has 2 aromatic rings. The Bertz CT molecular complexity index is 929. The van der Waals surface area contributed by atoms with Gasteiger partial charge in [0, 0.05) is 24.5 Å². The molecule has 7 heteroatoms. The van der Waals surface area contributed by atoms with Crippen LogP contribution in [0.15, 0.2) is 48.5 Å². The van der Waals surface area contributed by atoms with E-state index in [0.717, 1.165) is 18.8 Å². The molecule has 3 rings (SSSR count). The maximum absolute atomic E-state index is 12.4. The van der Waals surface area contributed by atoms with Gasteiger partial charge in [0.1, 0.15) is 5.75 Å². The van der Waals surface area contributed by atoms with E-state index in [-0.39, 0.29) is 0 Å². The molecule has 0 bridgehead atoms. The quantitative estimate of drug-likeness (QED) is 0.682. The van der Waals surface area contributed by atoms with Gasteiger partial charge in [0.2, 0.25) is 0 Å². The average molecular weight is 421 g/mol. The van der Waals surface area contributed by atoms with E-state index in [0.29, 0.717) is 17.0 Å². The van der Waals surface area contributed by atoms with Crippen LogP contribution in [0.3, 0.4) is 0 Å². The normalized spacial score (nSPS) is 15.3. The molecule has 1 fully saturated rings. The Kier molecular flexibility index (Phi) is 7.50. The van der Waals surface area contributed by atoms with Crippen molar-refractivity contribution in [3.63, 3.8) is 0 Å². The SMILES string of the molecule is C[C@H](OC(=O)[C@H](C)Oc1ccc(C#N)cc1)C(=O)Nc1ccc(N2CCCCC2)cc1. The van der Waals surface area contributed by atoms with Gasteiger partial charge < -0.3 is 19.7 Å². The predicted octanol–water partition coefficient (Wildman–Crippen LogP) is 3.89. The minimum Gasteiger partial charge on any atom is -0.479 e. The van der Waals surface area contributed by atoms with Crippen LogP contribution in [0, 0.1) is 11.3 Å². The van der Waals surface area contributed by atoms with Crippen LogP contribution < -0.4 is 15.0 Å². The van der Waals surface area contributed by atoms with E-state index in [1.807, 2.05) is 30.3 Å². The van der Waals surface area contributed by atoms with Gasteiger partial charge in [0.05, 0.1) is 11.6 Å². The van der Waals surface area contributed by atoms with E-state index < -0.39 is 24.1 Å². The molecule has 0 saturated carbocycles. The van der Waals surface area contributed by atoms with Crippen LogP contribution in [0.5, 0.6) is 5.75 Å². The molecule has 1 heterocycles. The lowest BCUT2D eigenvalue weighted by Gasteiger charge is -2.28. The van der Waals surface area contributed by atoms with Crippen molar-refractivity contribution in [1.29, 1.82) is 5.26 Å². The molecule has 0 radical (unpaired) electrons. The van der Waals surface area contributed by atoms with Crippen LogP contribution >= 0.6 is 0 Å². The fraction of sp³-hybridized carbons (Fsp3) is 0.375. The van der Waals surface area contributed by atoms with Gasteiger partial charge in [0.25, 0.3) is 5.91 Å². The standard InChI is InChI=1S/C24H27N3O4/c1-17(31-24(29)18(2)30-22-12-6-19(16-25)7-13-22)23(28)26-20-8-10-21(11-9-20)27-14-4-3-5-15-27/h6-13,17-18H,3-5,14-15H2,1-2H3,(H,26,28)/t17-,18-/m0/s1. The fourth-order valence-corrected chi connectivity index (χ4v) is 3.34. The van der Waals surface area contributed by atoms with Crippen LogP contribution in [-0.2, 0) is 14.3 Å². The maximum atomic E-state index is 12.4.